The molecule has 5 nitrogen and oxygen atoms in total. The van der Waals surface area contributed by atoms with Gasteiger partial charge in [0.25, 0.3) is 0 Å². The highest BCUT2D eigenvalue weighted by molar-refractivity contribution is 5.74. The minimum absolute atomic E-state index is 0.0597. The van der Waals surface area contributed by atoms with Crippen molar-refractivity contribution in [1.82, 2.24) is 19.9 Å². The summed E-state index contributed by atoms with van der Waals surface area (Å²) < 4.78 is 40.1. The van der Waals surface area contributed by atoms with Crippen molar-refractivity contribution in [3.05, 3.63) is 59.6 Å². The molecule has 0 amide bonds. The highest BCUT2D eigenvalue weighted by Crippen LogP contribution is 2.33. The van der Waals surface area contributed by atoms with Gasteiger partial charge in [-0.3, -0.25) is 9.88 Å². The monoisotopic (exact) mass is 354 g/mol. The Hall–Kier alpha value is -2.24. The normalized spacial score (nSPS) is 19.6. The fourth-order valence-electron chi connectivity index (χ4n) is 3.74. The van der Waals surface area contributed by atoms with Crippen LogP contribution in [0.4, 0.5) is 0 Å². The van der Waals surface area contributed by atoms with Crippen LogP contribution in [0.5, 0.6) is 0 Å². The molecule has 4 rings (SSSR count). The second-order valence-electron chi connectivity index (χ2n) is 6.77. The number of nitrogens with one attached hydrogen (secondary N) is 1. The van der Waals surface area contributed by atoms with E-state index >= 15 is 0 Å². The van der Waals surface area contributed by atoms with Crippen molar-refractivity contribution in [3.63, 3.8) is 0 Å². The van der Waals surface area contributed by atoms with E-state index < -0.39 is 0 Å². The highest BCUT2D eigenvalue weighted by Gasteiger charge is 2.27. The first-order valence-electron chi connectivity index (χ1n) is 11.8. The van der Waals surface area contributed by atoms with Crippen LogP contribution in [-0.2, 0) is 13.0 Å². The average Bonchev–Trinajstić information content (AvgIpc) is 3.19. The van der Waals surface area contributed by atoms with Crippen LogP contribution in [0, 0.1) is 0 Å². The summed E-state index contributed by atoms with van der Waals surface area (Å²) in [6.45, 7) is 1.88. The minimum Gasteiger partial charge on any atom is -0.341 e. The van der Waals surface area contributed by atoms with Crippen LogP contribution in [0.2, 0.25) is 0 Å². The summed E-state index contributed by atoms with van der Waals surface area (Å²) in [4.78, 5) is 14.5. The first-order chi connectivity index (χ1) is 14.9. The number of aryl methyl sites for hydroxylation is 1. The molecule has 0 spiro atoms. The maximum absolute atomic E-state index is 8.15. The van der Waals surface area contributed by atoms with E-state index in [1.807, 2.05) is 6.07 Å². The van der Waals surface area contributed by atoms with Crippen molar-refractivity contribution in [1.29, 1.82) is 0 Å². The van der Waals surface area contributed by atoms with Crippen molar-refractivity contribution < 1.29 is 6.85 Å². The summed E-state index contributed by atoms with van der Waals surface area (Å²) >= 11 is 0. The first kappa shape index (κ1) is 12.2. The number of para-hydroxylation sites is 2. The van der Waals surface area contributed by atoms with E-state index in [-0.39, 0.29) is 41.9 Å². The Morgan fingerprint density at radius 1 is 1.31 bits per heavy atom. The summed E-state index contributed by atoms with van der Waals surface area (Å²) in [6, 6.07) is 3.03. The fourth-order valence-corrected chi connectivity index (χ4v) is 3.74. The highest BCUT2D eigenvalue weighted by atomic mass is 15.2. The fraction of sp³-hybridized carbons (Fsp3) is 0.429. The second-order valence-corrected chi connectivity index (χ2v) is 6.77. The van der Waals surface area contributed by atoms with Crippen LogP contribution in [0.3, 0.4) is 0 Å². The summed E-state index contributed by atoms with van der Waals surface area (Å²) in [5, 5.41) is 0. The number of aromatic nitrogens is 3. The van der Waals surface area contributed by atoms with E-state index in [1.54, 1.807) is 6.07 Å². The molecule has 1 aliphatic carbocycles. The van der Waals surface area contributed by atoms with E-state index in [4.69, 9.17) is 12.6 Å². The summed E-state index contributed by atoms with van der Waals surface area (Å²) in [5.41, 5.74) is 8.43. The molecule has 0 aliphatic heterocycles. The first-order valence-corrected chi connectivity index (χ1v) is 9.26. The summed E-state index contributed by atoms with van der Waals surface area (Å²) in [5.74, 6) is 0.601. The Morgan fingerprint density at radius 3 is 3.15 bits per heavy atom. The molecule has 0 fully saturated rings. The van der Waals surface area contributed by atoms with Crippen LogP contribution in [0.1, 0.15) is 55.7 Å². The standard InChI is InChI=1S/C21H27N5/c22-12-3-4-14-26(15-20-24-17-9-1-2-10-18(17)25-20)19-11-5-7-16-8-6-13-23-21(16)19/h1-2,6,8-10,13,19H,3-5,7,11-12,14-15,22H2,(H,24,25)/t19-/m0/s1/i1D,2D,9D,10D,13D. The molecule has 1 aliphatic rings. The quantitative estimate of drug-likeness (QED) is 0.636. The maximum Gasteiger partial charge on any atom is 0.121 e. The van der Waals surface area contributed by atoms with Gasteiger partial charge in [-0.25, -0.2) is 4.98 Å². The Bertz CT molecular complexity index is 1050. The van der Waals surface area contributed by atoms with E-state index in [2.05, 4.69) is 19.9 Å². The van der Waals surface area contributed by atoms with E-state index in [1.165, 1.54) is 5.56 Å². The zero-order valence-electron chi connectivity index (χ0n) is 19.8. The lowest BCUT2D eigenvalue weighted by Gasteiger charge is -2.34. The number of nitrogens with two attached hydrogens (primary N) is 1. The van der Waals surface area contributed by atoms with Crippen LogP contribution in [-0.4, -0.2) is 32.9 Å². The predicted octanol–water partition coefficient (Wildman–Crippen LogP) is 3.58. The molecule has 5 heteroatoms. The molecule has 0 bridgehead atoms. The SMILES string of the molecule is [2H]c1ccc2c(n1)[C@@H](N(CCCCN)Cc1nc3c([2H])c([2H])c([2H])c([2H])c3[nH]1)CCC2. The van der Waals surface area contributed by atoms with Gasteiger partial charge in [0.1, 0.15) is 5.82 Å². The molecule has 0 saturated carbocycles. The third-order valence-corrected chi connectivity index (χ3v) is 4.99. The molecule has 2 aromatic heterocycles. The van der Waals surface area contributed by atoms with Gasteiger partial charge in [0.2, 0.25) is 0 Å². The van der Waals surface area contributed by atoms with Gasteiger partial charge >= 0.3 is 0 Å². The number of aromatic amines is 1. The zero-order chi connectivity index (χ0) is 22.1. The molecule has 136 valence electrons. The Morgan fingerprint density at radius 2 is 2.23 bits per heavy atom. The number of H-pyrrole nitrogens is 1. The van der Waals surface area contributed by atoms with Crippen LogP contribution < -0.4 is 5.73 Å². The second kappa shape index (κ2) is 7.98. The number of benzene rings is 1. The maximum atomic E-state index is 8.15. The number of rotatable bonds is 7. The lowest BCUT2D eigenvalue weighted by Crippen LogP contribution is -2.33. The van der Waals surface area contributed by atoms with Gasteiger partial charge in [-0.1, -0.05) is 18.2 Å². The number of pyridine rings is 1. The molecule has 26 heavy (non-hydrogen) atoms. The van der Waals surface area contributed by atoms with Crippen molar-refractivity contribution >= 4 is 11.0 Å². The van der Waals surface area contributed by atoms with Gasteiger partial charge in [-0.05, 0) is 68.9 Å². The summed E-state index contributed by atoms with van der Waals surface area (Å²) in [6.07, 6.45) is 5.03. The number of imidazole rings is 1. The van der Waals surface area contributed by atoms with Gasteiger partial charge < -0.3 is 10.7 Å². The minimum atomic E-state index is -0.274. The van der Waals surface area contributed by atoms with Gasteiger partial charge in [0.15, 0.2) is 0 Å². The van der Waals surface area contributed by atoms with Crippen molar-refractivity contribution in [2.45, 2.75) is 44.7 Å². The average molecular weight is 355 g/mol. The summed E-state index contributed by atoms with van der Waals surface area (Å²) in [7, 11) is 0. The number of unbranched alkanes of at least 4 members (excludes halogenated alkanes) is 1. The van der Waals surface area contributed by atoms with Crippen molar-refractivity contribution in [2.24, 2.45) is 5.73 Å². The smallest absolute Gasteiger partial charge is 0.121 e. The lowest BCUT2D eigenvalue weighted by atomic mass is 9.90. The largest absolute Gasteiger partial charge is 0.341 e. The van der Waals surface area contributed by atoms with Crippen molar-refractivity contribution in [2.75, 3.05) is 13.1 Å². The number of fused-ring (bicyclic) bond motifs is 2. The van der Waals surface area contributed by atoms with Crippen LogP contribution >= 0.6 is 0 Å². The van der Waals surface area contributed by atoms with Crippen LogP contribution in [0.15, 0.2) is 42.5 Å². The zero-order valence-corrected chi connectivity index (χ0v) is 14.8. The molecule has 2 heterocycles. The molecular formula is C21H27N5. The molecule has 0 saturated heterocycles. The molecule has 1 aromatic carbocycles. The van der Waals surface area contributed by atoms with Gasteiger partial charge in [0, 0.05) is 6.17 Å². The Labute approximate surface area is 161 Å². The Balaban J connectivity index is 1.69. The molecule has 1 atom stereocenters. The van der Waals surface area contributed by atoms with E-state index in [0.717, 1.165) is 44.3 Å². The van der Waals surface area contributed by atoms with Crippen molar-refractivity contribution in [3.8, 4) is 0 Å². The van der Waals surface area contributed by atoms with E-state index in [9.17, 15) is 0 Å². The number of nitrogens with zero attached hydrogens (tertiary/aromatic N) is 3. The number of hydrogen-bond donors (Lipinski definition) is 2. The Kier molecular flexibility index (Phi) is 3.74. The predicted molar refractivity (Wildman–Crippen MR) is 105 cm³/mol. The van der Waals surface area contributed by atoms with Gasteiger partial charge in [-0.15, -0.1) is 0 Å². The van der Waals surface area contributed by atoms with Gasteiger partial charge in [0.05, 0.1) is 36.2 Å². The molecule has 3 aromatic rings. The third-order valence-electron chi connectivity index (χ3n) is 4.99. The molecule has 0 radical (unpaired) electrons. The number of hydrogen-bond acceptors (Lipinski definition) is 4. The lowest BCUT2D eigenvalue weighted by molar-refractivity contribution is 0.159. The van der Waals surface area contributed by atoms with E-state index in [0.29, 0.717) is 24.4 Å². The third kappa shape index (κ3) is 3.64. The van der Waals surface area contributed by atoms with Crippen LogP contribution in [0.25, 0.3) is 11.0 Å². The molecular weight excluding hydrogens is 322 g/mol. The molecule has 0 unspecified atom stereocenters. The topological polar surface area (TPSA) is 70.8 Å². The van der Waals surface area contributed by atoms with Gasteiger partial charge in [-0.2, -0.15) is 0 Å². The molecule has 3 N–H and O–H groups in total.